The minimum absolute atomic E-state index is 0.657. The lowest BCUT2D eigenvalue weighted by molar-refractivity contribution is 0.415. The number of rotatable bonds is 4. The number of nitrogens with zero attached hydrogens (tertiary/aromatic N) is 2. The SMILES string of the molecule is CCCn1c(-c2cccc(OC)c2)n[nH]c1=S. The van der Waals surface area contributed by atoms with E-state index in [4.69, 9.17) is 17.0 Å². The molecule has 0 aliphatic carbocycles. The van der Waals surface area contributed by atoms with Gasteiger partial charge in [-0.2, -0.15) is 5.10 Å². The molecule has 1 N–H and O–H groups in total. The van der Waals surface area contributed by atoms with Gasteiger partial charge in [0.15, 0.2) is 10.6 Å². The minimum atomic E-state index is 0.657. The van der Waals surface area contributed by atoms with Crippen molar-refractivity contribution in [2.24, 2.45) is 0 Å². The molecule has 0 saturated carbocycles. The van der Waals surface area contributed by atoms with Crippen LogP contribution in [0.15, 0.2) is 24.3 Å². The molecule has 4 nitrogen and oxygen atoms in total. The number of H-pyrrole nitrogens is 1. The summed E-state index contributed by atoms with van der Waals surface area (Å²) in [5.41, 5.74) is 1.00. The van der Waals surface area contributed by atoms with Crippen molar-refractivity contribution in [1.82, 2.24) is 14.8 Å². The lowest BCUT2D eigenvalue weighted by atomic mass is 10.2. The monoisotopic (exact) mass is 249 g/mol. The fourth-order valence-corrected chi connectivity index (χ4v) is 1.95. The van der Waals surface area contributed by atoms with E-state index in [1.54, 1.807) is 7.11 Å². The molecule has 17 heavy (non-hydrogen) atoms. The van der Waals surface area contributed by atoms with Gasteiger partial charge in [-0.15, -0.1) is 0 Å². The van der Waals surface area contributed by atoms with E-state index in [1.165, 1.54) is 0 Å². The van der Waals surface area contributed by atoms with Crippen LogP contribution in [-0.4, -0.2) is 21.9 Å². The second-order valence-electron chi connectivity index (χ2n) is 3.74. The number of aromatic amines is 1. The van der Waals surface area contributed by atoms with E-state index in [1.807, 2.05) is 28.8 Å². The van der Waals surface area contributed by atoms with Crippen LogP contribution in [0.4, 0.5) is 0 Å². The van der Waals surface area contributed by atoms with Crippen LogP contribution in [0.5, 0.6) is 5.75 Å². The minimum Gasteiger partial charge on any atom is -0.497 e. The Bertz CT molecular complexity index is 559. The molecular formula is C12H15N3OS. The maximum absolute atomic E-state index is 5.21. The lowest BCUT2D eigenvalue weighted by Crippen LogP contribution is -2.00. The molecule has 0 atom stereocenters. The highest BCUT2D eigenvalue weighted by Crippen LogP contribution is 2.22. The average Bonchev–Trinajstić information content (AvgIpc) is 2.72. The molecule has 0 saturated heterocycles. The molecule has 0 fully saturated rings. The van der Waals surface area contributed by atoms with E-state index in [-0.39, 0.29) is 0 Å². The van der Waals surface area contributed by atoms with Crippen molar-refractivity contribution in [3.05, 3.63) is 29.0 Å². The molecule has 0 aliphatic heterocycles. The zero-order chi connectivity index (χ0) is 12.3. The van der Waals surface area contributed by atoms with E-state index >= 15 is 0 Å². The Morgan fingerprint density at radius 3 is 3.00 bits per heavy atom. The predicted molar refractivity (Wildman–Crippen MR) is 69.7 cm³/mol. The largest absolute Gasteiger partial charge is 0.497 e. The molecule has 2 rings (SSSR count). The second-order valence-corrected chi connectivity index (χ2v) is 4.12. The normalized spacial score (nSPS) is 10.5. The van der Waals surface area contributed by atoms with Crippen LogP contribution in [0.3, 0.4) is 0 Å². The number of methoxy groups -OCH3 is 1. The first kappa shape index (κ1) is 11.9. The van der Waals surface area contributed by atoms with Gasteiger partial charge in [0.05, 0.1) is 7.11 Å². The van der Waals surface area contributed by atoms with E-state index in [0.29, 0.717) is 4.77 Å². The maximum Gasteiger partial charge on any atom is 0.195 e. The van der Waals surface area contributed by atoms with Gasteiger partial charge < -0.3 is 9.30 Å². The van der Waals surface area contributed by atoms with Crippen LogP contribution in [-0.2, 0) is 6.54 Å². The first-order valence-electron chi connectivity index (χ1n) is 5.56. The van der Waals surface area contributed by atoms with Crippen LogP contribution >= 0.6 is 12.2 Å². The Hall–Kier alpha value is -1.62. The molecule has 90 valence electrons. The third-order valence-electron chi connectivity index (χ3n) is 2.53. The maximum atomic E-state index is 5.21. The van der Waals surface area contributed by atoms with Crippen molar-refractivity contribution in [2.45, 2.75) is 19.9 Å². The van der Waals surface area contributed by atoms with Crippen LogP contribution in [0.2, 0.25) is 0 Å². The van der Waals surface area contributed by atoms with Gasteiger partial charge in [0.1, 0.15) is 5.75 Å². The number of hydrogen-bond acceptors (Lipinski definition) is 3. The molecule has 0 bridgehead atoms. The van der Waals surface area contributed by atoms with Crippen molar-refractivity contribution in [3.8, 4) is 17.1 Å². The van der Waals surface area contributed by atoms with E-state index in [0.717, 1.165) is 30.1 Å². The lowest BCUT2D eigenvalue weighted by Gasteiger charge is -2.06. The topological polar surface area (TPSA) is 42.8 Å². The fraction of sp³-hybridized carbons (Fsp3) is 0.333. The number of benzene rings is 1. The smallest absolute Gasteiger partial charge is 0.195 e. The van der Waals surface area contributed by atoms with Gasteiger partial charge in [0.25, 0.3) is 0 Å². The Kier molecular flexibility index (Phi) is 3.58. The van der Waals surface area contributed by atoms with Gasteiger partial charge in [-0.3, -0.25) is 5.10 Å². The molecule has 0 spiro atoms. The zero-order valence-electron chi connectivity index (χ0n) is 9.93. The Morgan fingerprint density at radius 1 is 1.47 bits per heavy atom. The molecule has 1 aromatic carbocycles. The van der Waals surface area contributed by atoms with Crippen molar-refractivity contribution in [1.29, 1.82) is 0 Å². The number of aromatic nitrogens is 3. The third kappa shape index (κ3) is 2.39. The highest BCUT2D eigenvalue weighted by atomic mass is 32.1. The predicted octanol–water partition coefficient (Wildman–Crippen LogP) is 3.03. The van der Waals surface area contributed by atoms with Crippen LogP contribution < -0.4 is 4.74 Å². The van der Waals surface area contributed by atoms with Crippen molar-refractivity contribution in [2.75, 3.05) is 7.11 Å². The summed E-state index contributed by atoms with van der Waals surface area (Å²) in [6.45, 7) is 2.98. The summed E-state index contributed by atoms with van der Waals surface area (Å²) in [7, 11) is 1.66. The molecular weight excluding hydrogens is 234 g/mol. The summed E-state index contributed by atoms with van der Waals surface area (Å²) >= 11 is 5.21. The molecule has 0 aliphatic rings. The first-order valence-corrected chi connectivity index (χ1v) is 5.96. The molecule has 1 aromatic heterocycles. The third-order valence-corrected chi connectivity index (χ3v) is 2.85. The van der Waals surface area contributed by atoms with Crippen molar-refractivity contribution >= 4 is 12.2 Å². The second kappa shape index (κ2) is 5.14. The average molecular weight is 249 g/mol. The molecule has 5 heteroatoms. The van der Waals surface area contributed by atoms with E-state index in [9.17, 15) is 0 Å². The summed E-state index contributed by atoms with van der Waals surface area (Å²) in [6.07, 6.45) is 1.02. The van der Waals surface area contributed by atoms with Gasteiger partial charge in [0.2, 0.25) is 0 Å². The molecule has 0 amide bonds. The van der Waals surface area contributed by atoms with Crippen LogP contribution in [0.25, 0.3) is 11.4 Å². The van der Waals surface area contributed by atoms with Crippen LogP contribution in [0, 0.1) is 4.77 Å². The van der Waals surface area contributed by atoms with Gasteiger partial charge in [-0.25, -0.2) is 0 Å². The molecule has 2 aromatic rings. The standard InChI is InChI=1S/C12H15N3OS/c1-3-7-15-11(13-14-12(15)17)9-5-4-6-10(8-9)16-2/h4-6,8H,3,7H2,1-2H3,(H,14,17). The Balaban J connectivity index is 2.48. The molecule has 0 unspecified atom stereocenters. The summed E-state index contributed by atoms with van der Waals surface area (Å²) in [4.78, 5) is 0. The van der Waals surface area contributed by atoms with Crippen LogP contribution in [0.1, 0.15) is 13.3 Å². The number of nitrogens with one attached hydrogen (secondary N) is 1. The summed E-state index contributed by atoms with van der Waals surface area (Å²) in [6, 6.07) is 7.81. The highest BCUT2D eigenvalue weighted by Gasteiger charge is 2.08. The van der Waals surface area contributed by atoms with Crippen molar-refractivity contribution in [3.63, 3.8) is 0 Å². The van der Waals surface area contributed by atoms with Gasteiger partial charge in [0, 0.05) is 12.1 Å². The Labute approximate surface area is 105 Å². The highest BCUT2D eigenvalue weighted by molar-refractivity contribution is 7.71. The number of hydrogen-bond donors (Lipinski definition) is 1. The van der Waals surface area contributed by atoms with Gasteiger partial charge >= 0.3 is 0 Å². The van der Waals surface area contributed by atoms with Crippen molar-refractivity contribution < 1.29 is 4.74 Å². The molecule has 1 heterocycles. The first-order chi connectivity index (χ1) is 8.26. The zero-order valence-corrected chi connectivity index (χ0v) is 10.8. The van der Waals surface area contributed by atoms with Gasteiger partial charge in [-0.1, -0.05) is 19.1 Å². The van der Waals surface area contributed by atoms with E-state index < -0.39 is 0 Å². The Morgan fingerprint density at radius 2 is 2.29 bits per heavy atom. The quantitative estimate of drug-likeness (QED) is 0.847. The summed E-state index contributed by atoms with van der Waals surface area (Å²) < 4.78 is 7.87. The number of ether oxygens (including phenoxy) is 1. The van der Waals surface area contributed by atoms with E-state index in [2.05, 4.69) is 17.1 Å². The molecule has 0 radical (unpaired) electrons. The van der Waals surface area contributed by atoms with Gasteiger partial charge in [-0.05, 0) is 30.8 Å². The summed E-state index contributed by atoms with van der Waals surface area (Å²) in [5.74, 6) is 1.68. The summed E-state index contributed by atoms with van der Waals surface area (Å²) in [5, 5.41) is 7.10. The fourth-order valence-electron chi connectivity index (χ4n) is 1.73.